The zero-order valence-electron chi connectivity index (χ0n) is 21.4. The summed E-state index contributed by atoms with van der Waals surface area (Å²) in [6, 6.07) is 8.45. The molecule has 2 aromatic rings. The predicted molar refractivity (Wildman–Crippen MR) is 134 cm³/mol. The molecule has 3 rings (SSSR count). The van der Waals surface area contributed by atoms with Crippen molar-refractivity contribution in [3.05, 3.63) is 36.2 Å². The maximum atomic E-state index is 12.1. The standard InChI is InChI=1S/C23H36N6O8S/c1-3-15(2)20(24)23(32)27-38(33,34)36-14-18-22(31)21(30)17(37-18)11-12-29-26-19(25-28-29)10-7-13-35-16-8-5-4-6-9-16/h4-6,8-9,15,17-18,20-22,30-31H,3,7,10-14,24H2,1-2H3,(H,27,32)/t15-,17-,18+,20-,21-,22+/m0/s1. The molecule has 0 radical (unpaired) electrons. The zero-order chi connectivity index (χ0) is 27.7. The molecule has 6 atom stereocenters. The lowest BCUT2D eigenvalue weighted by Crippen LogP contribution is -2.47. The fraction of sp³-hybridized carbons (Fsp3) is 0.652. The van der Waals surface area contributed by atoms with E-state index in [0.29, 0.717) is 31.7 Å². The highest BCUT2D eigenvalue weighted by molar-refractivity contribution is 7.85. The number of tetrazole rings is 1. The number of hydrogen-bond donors (Lipinski definition) is 4. The minimum atomic E-state index is -4.49. The number of aliphatic hydroxyl groups excluding tert-OH is 2. The quantitative estimate of drug-likeness (QED) is 0.202. The Labute approximate surface area is 221 Å². The number of aliphatic hydroxyl groups is 2. The first-order valence-electron chi connectivity index (χ1n) is 12.5. The van der Waals surface area contributed by atoms with Crippen LogP contribution in [0.25, 0.3) is 0 Å². The number of aromatic nitrogens is 4. The monoisotopic (exact) mass is 556 g/mol. The number of hydrogen-bond acceptors (Lipinski definition) is 12. The van der Waals surface area contributed by atoms with Crippen LogP contribution in [0.4, 0.5) is 0 Å². The fourth-order valence-corrected chi connectivity index (χ4v) is 4.50. The lowest BCUT2D eigenvalue weighted by Gasteiger charge is -2.18. The average molecular weight is 557 g/mol. The Balaban J connectivity index is 1.40. The summed E-state index contributed by atoms with van der Waals surface area (Å²) in [5.74, 6) is 0.207. The van der Waals surface area contributed by atoms with Gasteiger partial charge in [-0.2, -0.15) is 13.2 Å². The number of nitrogens with two attached hydrogens (primary N) is 1. The maximum Gasteiger partial charge on any atom is 0.362 e. The summed E-state index contributed by atoms with van der Waals surface area (Å²) in [6.45, 7) is 3.70. The van der Waals surface area contributed by atoms with E-state index in [2.05, 4.69) is 15.4 Å². The summed E-state index contributed by atoms with van der Waals surface area (Å²) in [5.41, 5.74) is 5.74. The SMILES string of the molecule is CC[C@H](C)[C@H](N)C(=O)NS(=O)(=O)OC[C@H]1O[C@@H](CCn2nnc(CCCOc3ccccc3)n2)[C@H](O)[C@@H]1O. The Kier molecular flexibility index (Phi) is 10.9. The molecule has 1 saturated heterocycles. The van der Waals surface area contributed by atoms with E-state index < -0.39 is 53.3 Å². The van der Waals surface area contributed by atoms with Crippen molar-refractivity contribution in [1.82, 2.24) is 24.9 Å². The first kappa shape index (κ1) is 29.9. The molecule has 38 heavy (non-hydrogen) atoms. The Hall–Kier alpha value is -2.69. The van der Waals surface area contributed by atoms with Crippen LogP contribution in [-0.4, -0.2) is 88.4 Å². The van der Waals surface area contributed by atoms with Gasteiger partial charge in [-0.25, -0.2) is 4.72 Å². The molecule has 1 aliphatic heterocycles. The highest BCUT2D eigenvalue weighted by Gasteiger charge is 2.43. The van der Waals surface area contributed by atoms with Crippen LogP contribution in [0.1, 0.15) is 38.9 Å². The molecule has 0 spiro atoms. The van der Waals surface area contributed by atoms with Crippen molar-refractivity contribution < 1.29 is 37.1 Å². The van der Waals surface area contributed by atoms with Crippen molar-refractivity contribution in [3.63, 3.8) is 0 Å². The van der Waals surface area contributed by atoms with Gasteiger partial charge in [0, 0.05) is 6.42 Å². The van der Waals surface area contributed by atoms with Crippen LogP contribution in [0.2, 0.25) is 0 Å². The van der Waals surface area contributed by atoms with Crippen molar-refractivity contribution in [1.29, 1.82) is 0 Å². The lowest BCUT2D eigenvalue weighted by atomic mass is 10.00. The smallest absolute Gasteiger partial charge is 0.362 e. The second-order valence-electron chi connectivity index (χ2n) is 9.17. The topological polar surface area (TPSA) is 201 Å². The van der Waals surface area contributed by atoms with Crippen molar-refractivity contribution in [2.75, 3.05) is 13.2 Å². The van der Waals surface area contributed by atoms with Crippen molar-refractivity contribution in [2.24, 2.45) is 11.7 Å². The molecular weight excluding hydrogens is 520 g/mol. The van der Waals surface area contributed by atoms with Gasteiger partial charge in [-0.3, -0.25) is 8.98 Å². The minimum Gasteiger partial charge on any atom is -0.494 e. The molecule has 1 aliphatic rings. The summed E-state index contributed by atoms with van der Waals surface area (Å²) in [5, 5.41) is 32.9. The van der Waals surface area contributed by atoms with Gasteiger partial charge in [0.25, 0.3) is 5.91 Å². The third-order valence-corrected chi connectivity index (χ3v) is 7.20. The van der Waals surface area contributed by atoms with Crippen LogP contribution in [0.15, 0.2) is 30.3 Å². The van der Waals surface area contributed by atoms with Crippen LogP contribution in [-0.2, 0) is 37.0 Å². The summed E-state index contributed by atoms with van der Waals surface area (Å²) in [6.07, 6.45) is -2.53. The summed E-state index contributed by atoms with van der Waals surface area (Å²) < 4.78 is 42.0. The normalized spacial score (nSPS) is 23.2. The Morgan fingerprint density at radius 2 is 1.95 bits per heavy atom. The largest absolute Gasteiger partial charge is 0.494 e. The molecule has 2 heterocycles. The number of carbonyl (C=O) groups is 1. The highest BCUT2D eigenvalue weighted by Crippen LogP contribution is 2.24. The van der Waals surface area contributed by atoms with E-state index in [4.69, 9.17) is 19.4 Å². The number of benzene rings is 1. The number of aryl methyl sites for hydroxylation is 2. The molecule has 1 aromatic heterocycles. The van der Waals surface area contributed by atoms with Crippen LogP contribution in [0, 0.1) is 5.92 Å². The molecule has 1 amide bonds. The number of para-hydroxylation sites is 1. The van der Waals surface area contributed by atoms with E-state index in [9.17, 15) is 23.4 Å². The van der Waals surface area contributed by atoms with Gasteiger partial charge in [0.1, 0.15) is 24.1 Å². The average Bonchev–Trinajstić information content (AvgIpc) is 3.47. The molecule has 15 heteroatoms. The number of nitrogens with one attached hydrogen (secondary N) is 1. The maximum absolute atomic E-state index is 12.1. The van der Waals surface area contributed by atoms with Crippen molar-refractivity contribution in [3.8, 4) is 5.75 Å². The molecule has 1 aromatic carbocycles. The number of carbonyl (C=O) groups excluding carboxylic acids is 1. The van der Waals surface area contributed by atoms with E-state index in [1.54, 1.807) is 11.6 Å². The zero-order valence-corrected chi connectivity index (χ0v) is 22.2. The van der Waals surface area contributed by atoms with Crippen molar-refractivity contribution >= 4 is 16.2 Å². The second-order valence-corrected chi connectivity index (χ2v) is 10.5. The third-order valence-electron chi connectivity index (χ3n) is 6.30. The number of rotatable bonds is 15. The Bertz CT molecular complexity index is 1120. The summed E-state index contributed by atoms with van der Waals surface area (Å²) >= 11 is 0. The second kappa shape index (κ2) is 13.9. The molecule has 1 fully saturated rings. The molecule has 0 bridgehead atoms. The lowest BCUT2D eigenvalue weighted by molar-refractivity contribution is -0.121. The van der Waals surface area contributed by atoms with Gasteiger partial charge in [0.15, 0.2) is 5.82 Å². The molecule has 14 nitrogen and oxygen atoms in total. The van der Waals surface area contributed by atoms with Crippen LogP contribution < -0.4 is 15.2 Å². The summed E-state index contributed by atoms with van der Waals surface area (Å²) in [4.78, 5) is 13.4. The van der Waals surface area contributed by atoms with Gasteiger partial charge in [0.05, 0.1) is 31.9 Å². The van der Waals surface area contributed by atoms with Gasteiger partial charge in [-0.05, 0) is 36.1 Å². The number of amides is 1. The van der Waals surface area contributed by atoms with E-state index >= 15 is 0 Å². The first-order chi connectivity index (χ1) is 18.1. The van der Waals surface area contributed by atoms with E-state index in [1.807, 2.05) is 37.3 Å². The van der Waals surface area contributed by atoms with Gasteiger partial charge >= 0.3 is 10.3 Å². The number of ether oxygens (including phenoxy) is 2. The van der Waals surface area contributed by atoms with E-state index in [1.165, 1.54) is 4.80 Å². The summed E-state index contributed by atoms with van der Waals surface area (Å²) in [7, 11) is -4.49. The van der Waals surface area contributed by atoms with Gasteiger partial charge in [-0.15, -0.1) is 10.2 Å². The highest BCUT2D eigenvalue weighted by atomic mass is 32.2. The van der Waals surface area contributed by atoms with Gasteiger partial charge in [0.2, 0.25) is 0 Å². The molecule has 5 N–H and O–H groups in total. The molecule has 0 unspecified atom stereocenters. The minimum absolute atomic E-state index is 0.231. The van der Waals surface area contributed by atoms with E-state index in [0.717, 1.165) is 5.75 Å². The first-order valence-corrected chi connectivity index (χ1v) is 13.9. The molecule has 0 saturated carbocycles. The third kappa shape index (κ3) is 8.68. The van der Waals surface area contributed by atoms with Crippen LogP contribution >= 0.6 is 0 Å². The van der Waals surface area contributed by atoms with E-state index in [-0.39, 0.29) is 18.9 Å². The van der Waals surface area contributed by atoms with Crippen molar-refractivity contribution in [2.45, 2.75) is 76.5 Å². The molecule has 0 aliphatic carbocycles. The van der Waals surface area contributed by atoms with Crippen LogP contribution in [0.3, 0.4) is 0 Å². The Morgan fingerprint density at radius 3 is 2.66 bits per heavy atom. The van der Waals surface area contributed by atoms with Gasteiger partial charge in [-0.1, -0.05) is 38.5 Å². The fourth-order valence-electron chi connectivity index (χ4n) is 3.74. The van der Waals surface area contributed by atoms with Gasteiger partial charge < -0.3 is 25.4 Å². The van der Waals surface area contributed by atoms with Crippen LogP contribution in [0.5, 0.6) is 5.75 Å². The number of nitrogens with zero attached hydrogens (tertiary/aromatic N) is 4. The Morgan fingerprint density at radius 1 is 1.24 bits per heavy atom. The molecule has 212 valence electrons. The molecular formula is C23H36N6O8S. The predicted octanol–water partition coefficient (Wildman–Crippen LogP) is -0.685.